The first kappa shape index (κ1) is 22.2. The summed E-state index contributed by atoms with van der Waals surface area (Å²) in [6.07, 6.45) is 6.76. The molecule has 0 aromatic heterocycles. The molecule has 6 heteroatoms. The Morgan fingerprint density at radius 1 is 1.24 bits per heavy atom. The van der Waals surface area contributed by atoms with Gasteiger partial charge < -0.3 is 15.1 Å². The first-order chi connectivity index (χ1) is 14.0. The van der Waals surface area contributed by atoms with Gasteiger partial charge in [-0.05, 0) is 56.3 Å². The zero-order valence-corrected chi connectivity index (χ0v) is 17.9. The molecule has 1 aromatic rings. The number of amides is 1. The van der Waals surface area contributed by atoms with Crippen molar-refractivity contribution in [3.05, 3.63) is 35.9 Å². The first-order valence-electron chi connectivity index (χ1n) is 10.9. The van der Waals surface area contributed by atoms with Crippen molar-refractivity contribution in [2.24, 2.45) is 0 Å². The third-order valence-electron chi connectivity index (χ3n) is 6.39. The highest BCUT2D eigenvalue weighted by atomic mass is 32.2. The number of aliphatic carboxylic acids is 1. The van der Waals surface area contributed by atoms with Gasteiger partial charge in [0.15, 0.2) is 0 Å². The number of hydrogen-bond acceptors (Lipinski definition) is 4. The van der Waals surface area contributed by atoms with E-state index in [2.05, 4.69) is 12.1 Å². The number of aliphatic hydroxyl groups is 1. The number of carboxylic acids is 1. The standard InChI is InChI=1S/C23H33NO4S/c25-20(23(13-14-23)18-6-2-1-3-7-18)12-11-19-8-4-9-21(26)24(19)15-17-29-16-5-10-22(27)28/h1-3,6-7,19-20,25H,4-5,8-17H2,(H,27,28)/t19-,20-/m1/s1. The number of benzene rings is 1. The van der Waals surface area contributed by atoms with Crippen LogP contribution in [0.2, 0.25) is 0 Å². The van der Waals surface area contributed by atoms with Crippen LogP contribution in [0.3, 0.4) is 0 Å². The number of thioether (sulfide) groups is 1. The smallest absolute Gasteiger partial charge is 0.303 e. The number of carbonyl (C=O) groups excluding carboxylic acids is 1. The maximum atomic E-state index is 12.5. The van der Waals surface area contributed by atoms with Crippen LogP contribution in [-0.4, -0.2) is 57.2 Å². The second kappa shape index (κ2) is 10.5. The fourth-order valence-electron chi connectivity index (χ4n) is 4.54. The number of nitrogens with zero attached hydrogens (tertiary/aromatic N) is 1. The van der Waals surface area contributed by atoms with Crippen LogP contribution < -0.4 is 0 Å². The Labute approximate surface area is 177 Å². The molecule has 0 spiro atoms. The van der Waals surface area contributed by atoms with Gasteiger partial charge in [-0.2, -0.15) is 11.8 Å². The SMILES string of the molecule is O=C(O)CCCSCCN1C(=O)CCC[C@@H]1CC[C@@H](O)C1(c2ccccc2)CC1. The second-order valence-electron chi connectivity index (χ2n) is 8.36. The lowest BCUT2D eigenvalue weighted by molar-refractivity contribution is -0.137. The van der Waals surface area contributed by atoms with Crippen LogP contribution >= 0.6 is 11.8 Å². The number of hydrogen-bond donors (Lipinski definition) is 2. The number of rotatable bonds is 12. The van der Waals surface area contributed by atoms with E-state index in [-0.39, 0.29) is 29.9 Å². The molecule has 0 bridgehead atoms. The summed E-state index contributed by atoms with van der Waals surface area (Å²) < 4.78 is 0. The van der Waals surface area contributed by atoms with E-state index >= 15 is 0 Å². The maximum absolute atomic E-state index is 12.5. The lowest BCUT2D eigenvalue weighted by Crippen LogP contribution is -2.45. The summed E-state index contributed by atoms with van der Waals surface area (Å²) in [6, 6.07) is 10.5. The molecule has 2 fully saturated rings. The molecule has 0 unspecified atom stereocenters. The predicted molar refractivity (Wildman–Crippen MR) is 116 cm³/mol. The van der Waals surface area contributed by atoms with Gasteiger partial charge in [0.05, 0.1) is 6.10 Å². The van der Waals surface area contributed by atoms with Crippen molar-refractivity contribution in [1.29, 1.82) is 0 Å². The monoisotopic (exact) mass is 419 g/mol. The summed E-state index contributed by atoms with van der Waals surface area (Å²) in [7, 11) is 0. The molecule has 2 aliphatic rings. The third kappa shape index (κ3) is 5.98. The highest BCUT2D eigenvalue weighted by molar-refractivity contribution is 7.99. The number of carbonyl (C=O) groups is 2. The zero-order chi connectivity index (χ0) is 20.7. The van der Waals surface area contributed by atoms with E-state index in [1.165, 1.54) is 5.56 Å². The van der Waals surface area contributed by atoms with Crippen molar-refractivity contribution in [1.82, 2.24) is 4.90 Å². The van der Waals surface area contributed by atoms with Crippen LogP contribution in [0.25, 0.3) is 0 Å². The van der Waals surface area contributed by atoms with Crippen LogP contribution in [-0.2, 0) is 15.0 Å². The van der Waals surface area contributed by atoms with Crippen LogP contribution in [0.5, 0.6) is 0 Å². The van der Waals surface area contributed by atoms with Crippen molar-refractivity contribution in [2.45, 2.75) is 75.3 Å². The summed E-state index contributed by atoms with van der Waals surface area (Å²) in [5, 5.41) is 19.6. The molecule has 1 heterocycles. The van der Waals surface area contributed by atoms with Gasteiger partial charge in [0.2, 0.25) is 5.91 Å². The quantitative estimate of drug-likeness (QED) is 0.503. The Morgan fingerprint density at radius 2 is 2.00 bits per heavy atom. The lowest BCUT2D eigenvalue weighted by atomic mass is 9.85. The van der Waals surface area contributed by atoms with Crippen molar-refractivity contribution < 1.29 is 19.8 Å². The van der Waals surface area contributed by atoms with E-state index < -0.39 is 5.97 Å². The minimum atomic E-state index is -0.751. The van der Waals surface area contributed by atoms with Gasteiger partial charge in [-0.25, -0.2) is 0 Å². The van der Waals surface area contributed by atoms with E-state index in [4.69, 9.17) is 5.11 Å². The van der Waals surface area contributed by atoms with Crippen LogP contribution in [0, 0.1) is 0 Å². The van der Waals surface area contributed by atoms with Crippen LogP contribution in [0.4, 0.5) is 0 Å². The van der Waals surface area contributed by atoms with Gasteiger partial charge in [0, 0.05) is 36.6 Å². The largest absolute Gasteiger partial charge is 0.481 e. The Bertz CT molecular complexity index is 677. The molecule has 3 rings (SSSR count). The van der Waals surface area contributed by atoms with Crippen molar-refractivity contribution >= 4 is 23.6 Å². The molecule has 1 aliphatic heterocycles. The predicted octanol–water partition coefficient (Wildman–Crippen LogP) is 3.84. The van der Waals surface area contributed by atoms with E-state index in [0.717, 1.165) is 56.6 Å². The summed E-state index contributed by atoms with van der Waals surface area (Å²) in [6.45, 7) is 0.723. The van der Waals surface area contributed by atoms with Gasteiger partial charge in [-0.3, -0.25) is 9.59 Å². The average Bonchev–Trinajstić information content (AvgIpc) is 3.52. The van der Waals surface area contributed by atoms with Gasteiger partial charge in [0.1, 0.15) is 0 Å². The van der Waals surface area contributed by atoms with Crippen LogP contribution in [0.1, 0.15) is 63.4 Å². The number of piperidine rings is 1. The Kier molecular flexibility index (Phi) is 8.01. The molecule has 1 saturated heterocycles. The zero-order valence-electron chi connectivity index (χ0n) is 17.1. The fourth-order valence-corrected chi connectivity index (χ4v) is 5.41. The normalized spacial score (nSPS) is 21.8. The maximum Gasteiger partial charge on any atom is 0.303 e. The molecule has 1 aromatic carbocycles. The molecular formula is C23H33NO4S. The third-order valence-corrected chi connectivity index (χ3v) is 7.44. The van der Waals surface area contributed by atoms with E-state index in [1.807, 2.05) is 23.1 Å². The molecule has 1 amide bonds. The minimum Gasteiger partial charge on any atom is -0.481 e. The fraction of sp³-hybridized carbons (Fsp3) is 0.652. The Morgan fingerprint density at radius 3 is 2.69 bits per heavy atom. The van der Waals surface area contributed by atoms with Gasteiger partial charge >= 0.3 is 5.97 Å². The Balaban J connectivity index is 1.46. The molecule has 160 valence electrons. The summed E-state index contributed by atoms with van der Waals surface area (Å²) in [5.41, 5.74) is 1.16. The molecule has 2 N–H and O–H groups in total. The minimum absolute atomic E-state index is 0.0786. The highest BCUT2D eigenvalue weighted by Crippen LogP contribution is 2.52. The topological polar surface area (TPSA) is 77.8 Å². The molecule has 5 nitrogen and oxygen atoms in total. The molecule has 1 saturated carbocycles. The molecule has 0 radical (unpaired) electrons. The second-order valence-corrected chi connectivity index (χ2v) is 9.58. The first-order valence-corrected chi connectivity index (χ1v) is 12.0. The number of carboxylic acid groups (broad SMARTS) is 1. The van der Waals surface area contributed by atoms with Gasteiger partial charge in [-0.1, -0.05) is 30.3 Å². The Hall–Kier alpha value is -1.53. The summed E-state index contributed by atoms with van der Waals surface area (Å²) in [5.74, 6) is 1.14. The molecular weight excluding hydrogens is 386 g/mol. The number of aliphatic hydroxyl groups excluding tert-OH is 1. The molecule has 2 atom stereocenters. The molecule has 1 aliphatic carbocycles. The molecule has 29 heavy (non-hydrogen) atoms. The van der Waals surface area contributed by atoms with Crippen molar-refractivity contribution in [2.75, 3.05) is 18.1 Å². The van der Waals surface area contributed by atoms with E-state index in [0.29, 0.717) is 12.8 Å². The highest BCUT2D eigenvalue weighted by Gasteiger charge is 2.50. The average molecular weight is 420 g/mol. The van der Waals surface area contributed by atoms with E-state index in [1.54, 1.807) is 11.8 Å². The lowest BCUT2D eigenvalue weighted by Gasteiger charge is -2.37. The van der Waals surface area contributed by atoms with Gasteiger partial charge in [-0.15, -0.1) is 0 Å². The van der Waals surface area contributed by atoms with Gasteiger partial charge in [0.25, 0.3) is 0 Å². The summed E-state index contributed by atoms with van der Waals surface area (Å²) in [4.78, 5) is 25.1. The van der Waals surface area contributed by atoms with Crippen LogP contribution in [0.15, 0.2) is 30.3 Å². The van der Waals surface area contributed by atoms with Crippen molar-refractivity contribution in [3.8, 4) is 0 Å². The van der Waals surface area contributed by atoms with Crippen molar-refractivity contribution in [3.63, 3.8) is 0 Å². The van der Waals surface area contributed by atoms with E-state index in [9.17, 15) is 14.7 Å². The number of likely N-dealkylation sites (tertiary alicyclic amines) is 1. The summed E-state index contributed by atoms with van der Waals surface area (Å²) >= 11 is 1.72.